The molecule has 2 amide bonds. The average molecular weight is 379 g/mol. The molecule has 9 heteroatoms. The Balaban J connectivity index is 1.64. The third-order valence-corrected chi connectivity index (χ3v) is 4.21. The molecular weight excluding hydrogens is 366 g/mol. The van der Waals surface area contributed by atoms with Gasteiger partial charge < -0.3 is 14.2 Å². The first kappa shape index (κ1) is 17.4. The molecule has 1 aliphatic rings. The summed E-state index contributed by atoms with van der Waals surface area (Å²) >= 11 is 0. The van der Waals surface area contributed by atoms with E-state index in [1.54, 1.807) is 31.2 Å². The van der Waals surface area contributed by atoms with Gasteiger partial charge in [-0.15, -0.1) is 0 Å². The number of hydrogen-bond acceptors (Lipinski definition) is 7. The molecule has 28 heavy (non-hydrogen) atoms. The fraction of sp³-hybridized carbons (Fsp3) is 0.105. The molecule has 0 saturated heterocycles. The van der Waals surface area contributed by atoms with Crippen LogP contribution in [0.5, 0.6) is 0 Å². The van der Waals surface area contributed by atoms with Gasteiger partial charge in [-0.05, 0) is 38.1 Å². The van der Waals surface area contributed by atoms with Gasteiger partial charge in [0.2, 0.25) is 0 Å². The SMILES string of the molecule is Cc1ccc(-c2nc(C)c(C(=O)ON3C(=O)c4ccccc4C3=O)c(=O)[nH]2)o1. The summed E-state index contributed by atoms with van der Waals surface area (Å²) in [5.74, 6) is -1.62. The summed E-state index contributed by atoms with van der Waals surface area (Å²) in [4.78, 5) is 61.0. The van der Waals surface area contributed by atoms with Crippen LogP contribution in [0.15, 0.2) is 45.6 Å². The number of hydrogen-bond donors (Lipinski definition) is 1. The molecule has 0 radical (unpaired) electrons. The summed E-state index contributed by atoms with van der Waals surface area (Å²) in [5, 5.41) is 0.343. The van der Waals surface area contributed by atoms with Gasteiger partial charge in [0.05, 0.1) is 16.8 Å². The normalized spacial score (nSPS) is 13.0. The van der Waals surface area contributed by atoms with Crippen molar-refractivity contribution >= 4 is 17.8 Å². The molecule has 3 aromatic rings. The number of nitrogens with zero attached hydrogens (tertiary/aromatic N) is 2. The lowest BCUT2D eigenvalue weighted by Crippen LogP contribution is -2.35. The lowest BCUT2D eigenvalue weighted by molar-refractivity contribution is -0.0586. The number of carbonyl (C=O) groups is 3. The van der Waals surface area contributed by atoms with Crippen LogP contribution >= 0.6 is 0 Å². The fourth-order valence-electron chi connectivity index (χ4n) is 2.88. The molecule has 1 N–H and O–H groups in total. The van der Waals surface area contributed by atoms with E-state index in [9.17, 15) is 19.2 Å². The number of fused-ring (bicyclic) bond motifs is 1. The third kappa shape index (κ3) is 2.69. The Labute approximate surface area is 157 Å². The van der Waals surface area contributed by atoms with Crippen molar-refractivity contribution in [2.45, 2.75) is 13.8 Å². The van der Waals surface area contributed by atoms with Crippen molar-refractivity contribution in [3.63, 3.8) is 0 Å². The van der Waals surface area contributed by atoms with Crippen molar-refractivity contribution in [1.82, 2.24) is 15.0 Å². The van der Waals surface area contributed by atoms with Gasteiger partial charge in [-0.25, -0.2) is 9.78 Å². The number of amides is 2. The highest BCUT2D eigenvalue weighted by Crippen LogP contribution is 2.23. The number of imide groups is 1. The number of aryl methyl sites for hydroxylation is 2. The van der Waals surface area contributed by atoms with Gasteiger partial charge in [0, 0.05) is 0 Å². The van der Waals surface area contributed by atoms with Crippen LogP contribution in [0.4, 0.5) is 0 Å². The second kappa shape index (κ2) is 6.31. The van der Waals surface area contributed by atoms with Gasteiger partial charge in [-0.3, -0.25) is 14.4 Å². The smallest absolute Gasteiger partial charge is 0.371 e. The quantitative estimate of drug-likeness (QED) is 0.691. The highest BCUT2D eigenvalue weighted by molar-refractivity contribution is 6.21. The first-order chi connectivity index (χ1) is 13.4. The van der Waals surface area contributed by atoms with E-state index in [4.69, 9.17) is 9.25 Å². The van der Waals surface area contributed by atoms with Crippen LogP contribution in [0.2, 0.25) is 0 Å². The average Bonchev–Trinajstić information content (AvgIpc) is 3.19. The van der Waals surface area contributed by atoms with Gasteiger partial charge in [-0.2, -0.15) is 0 Å². The Morgan fingerprint density at radius 2 is 1.68 bits per heavy atom. The van der Waals surface area contributed by atoms with Gasteiger partial charge in [0.25, 0.3) is 17.4 Å². The zero-order valence-corrected chi connectivity index (χ0v) is 14.8. The number of carbonyl (C=O) groups excluding carboxylic acids is 3. The summed E-state index contributed by atoms with van der Waals surface area (Å²) < 4.78 is 5.41. The molecule has 0 spiro atoms. The number of hydroxylamine groups is 2. The monoisotopic (exact) mass is 379 g/mol. The maximum atomic E-state index is 12.5. The Morgan fingerprint density at radius 3 is 2.21 bits per heavy atom. The number of benzene rings is 1. The summed E-state index contributed by atoms with van der Waals surface area (Å²) in [5.41, 5.74) is -0.892. The number of aromatic nitrogens is 2. The minimum Gasteiger partial charge on any atom is -0.458 e. The molecule has 0 fully saturated rings. The molecule has 3 heterocycles. The van der Waals surface area contributed by atoms with E-state index < -0.39 is 28.9 Å². The van der Waals surface area contributed by atoms with E-state index >= 15 is 0 Å². The zero-order chi connectivity index (χ0) is 20.0. The van der Waals surface area contributed by atoms with Crippen LogP contribution in [0, 0.1) is 13.8 Å². The molecular formula is C19H13N3O6. The molecule has 4 rings (SSSR count). The van der Waals surface area contributed by atoms with E-state index in [1.165, 1.54) is 19.1 Å². The molecule has 1 aromatic carbocycles. The zero-order valence-electron chi connectivity index (χ0n) is 14.8. The summed E-state index contributed by atoms with van der Waals surface area (Å²) in [6, 6.07) is 9.40. The van der Waals surface area contributed by atoms with Crippen molar-refractivity contribution in [3.8, 4) is 11.6 Å². The number of H-pyrrole nitrogens is 1. The van der Waals surface area contributed by atoms with Crippen molar-refractivity contribution < 1.29 is 23.6 Å². The maximum absolute atomic E-state index is 12.5. The molecule has 2 aromatic heterocycles. The van der Waals surface area contributed by atoms with Crippen molar-refractivity contribution in [2.75, 3.05) is 0 Å². The van der Waals surface area contributed by atoms with Gasteiger partial charge in [-0.1, -0.05) is 17.2 Å². The van der Waals surface area contributed by atoms with Gasteiger partial charge in [0.15, 0.2) is 11.6 Å². The van der Waals surface area contributed by atoms with Crippen molar-refractivity contribution in [2.24, 2.45) is 0 Å². The maximum Gasteiger partial charge on any atom is 0.371 e. The van der Waals surface area contributed by atoms with E-state index in [-0.39, 0.29) is 22.6 Å². The van der Waals surface area contributed by atoms with Crippen LogP contribution < -0.4 is 5.56 Å². The predicted molar refractivity (Wildman–Crippen MR) is 94.4 cm³/mol. The molecule has 9 nitrogen and oxygen atoms in total. The van der Waals surface area contributed by atoms with Crippen LogP contribution in [-0.2, 0) is 4.84 Å². The van der Waals surface area contributed by atoms with Gasteiger partial charge in [0.1, 0.15) is 11.3 Å². The number of rotatable bonds is 3. The van der Waals surface area contributed by atoms with Crippen LogP contribution in [0.25, 0.3) is 11.6 Å². The summed E-state index contributed by atoms with van der Waals surface area (Å²) in [7, 11) is 0. The standard InChI is InChI=1S/C19H13N3O6/c1-9-7-8-13(27-9)15-20-10(2)14(16(23)21-15)19(26)28-22-17(24)11-5-3-4-6-12(11)18(22)25/h3-8H,1-2H3,(H,20,21,23). The van der Waals surface area contributed by atoms with Crippen molar-refractivity contribution in [3.05, 3.63) is 74.9 Å². The molecule has 1 aliphatic heterocycles. The Hall–Kier alpha value is -4.01. The molecule has 0 saturated carbocycles. The molecule has 0 aliphatic carbocycles. The largest absolute Gasteiger partial charge is 0.458 e. The first-order valence-corrected chi connectivity index (χ1v) is 8.24. The molecule has 0 bridgehead atoms. The van der Waals surface area contributed by atoms with Crippen LogP contribution in [0.3, 0.4) is 0 Å². The van der Waals surface area contributed by atoms with E-state index in [2.05, 4.69) is 9.97 Å². The van der Waals surface area contributed by atoms with E-state index in [0.29, 0.717) is 16.6 Å². The molecule has 0 unspecified atom stereocenters. The van der Waals surface area contributed by atoms with E-state index in [0.717, 1.165) is 0 Å². The predicted octanol–water partition coefficient (Wildman–Crippen LogP) is 2.01. The minimum atomic E-state index is -1.16. The second-order valence-electron chi connectivity index (χ2n) is 6.11. The Bertz CT molecular complexity index is 1170. The highest BCUT2D eigenvalue weighted by Gasteiger charge is 2.39. The molecule has 0 atom stereocenters. The van der Waals surface area contributed by atoms with E-state index in [1.807, 2.05) is 0 Å². The van der Waals surface area contributed by atoms with Crippen molar-refractivity contribution in [1.29, 1.82) is 0 Å². The number of furan rings is 1. The highest BCUT2D eigenvalue weighted by atomic mass is 16.7. The van der Waals surface area contributed by atoms with Crippen LogP contribution in [-0.4, -0.2) is 32.8 Å². The second-order valence-corrected chi connectivity index (χ2v) is 6.11. The fourth-order valence-corrected chi connectivity index (χ4v) is 2.88. The lowest BCUT2D eigenvalue weighted by Gasteiger charge is -2.13. The summed E-state index contributed by atoms with van der Waals surface area (Å²) in [6.45, 7) is 3.18. The topological polar surface area (TPSA) is 123 Å². The summed E-state index contributed by atoms with van der Waals surface area (Å²) in [6.07, 6.45) is 0. The van der Waals surface area contributed by atoms with Gasteiger partial charge >= 0.3 is 5.97 Å². The minimum absolute atomic E-state index is 0.0643. The Kier molecular flexibility index (Phi) is 3.92. The number of nitrogens with one attached hydrogen (secondary N) is 1. The Morgan fingerprint density at radius 1 is 1.04 bits per heavy atom. The first-order valence-electron chi connectivity index (χ1n) is 8.24. The third-order valence-electron chi connectivity index (χ3n) is 4.21. The molecule has 140 valence electrons. The number of aromatic amines is 1. The van der Waals surface area contributed by atoms with Crippen LogP contribution in [0.1, 0.15) is 42.5 Å². The lowest BCUT2D eigenvalue weighted by atomic mass is 10.1.